The van der Waals surface area contributed by atoms with Gasteiger partial charge >= 0.3 is 0 Å². The summed E-state index contributed by atoms with van der Waals surface area (Å²) in [5.41, 5.74) is 1.80. The largest absolute Gasteiger partial charge is 0.489 e. The number of hydrogen-bond acceptors (Lipinski definition) is 4. The maximum absolute atomic E-state index is 14.2. The number of ether oxygens (including phenoxy) is 2. The van der Waals surface area contributed by atoms with Crippen LogP contribution in [-0.2, 0) is 20.9 Å². The number of allylic oxidation sites excluding steroid dienone is 4. The van der Waals surface area contributed by atoms with Crippen molar-refractivity contribution in [2.24, 2.45) is 10.8 Å². The number of carbonyl (C=O) groups is 2. The minimum absolute atomic E-state index is 0.0138. The predicted molar refractivity (Wildman–Crippen MR) is 136 cm³/mol. The molecule has 0 unspecified atom stereocenters. The Labute approximate surface area is 216 Å². The molecule has 0 atom stereocenters. The quantitative estimate of drug-likeness (QED) is 0.430. The van der Waals surface area contributed by atoms with E-state index in [0.29, 0.717) is 59.1 Å². The summed E-state index contributed by atoms with van der Waals surface area (Å²) in [7, 11) is 0. The molecule has 5 rings (SSSR count). The van der Waals surface area contributed by atoms with Crippen LogP contribution < -0.4 is 4.74 Å². The minimum Gasteiger partial charge on any atom is -0.489 e. The first kappa shape index (κ1) is 24.8. The van der Waals surface area contributed by atoms with E-state index in [1.165, 1.54) is 6.07 Å². The third-order valence-electron chi connectivity index (χ3n) is 7.22. The monoisotopic (exact) mass is 508 g/mol. The molecule has 1 heterocycles. The zero-order chi connectivity index (χ0) is 25.8. The van der Waals surface area contributed by atoms with Crippen LogP contribution in [0.2, 0.25) is 5.02 Å². The molecular weight excluding hydrogens is 479 g/mol. The number of Topliss-reactive ketones (excluding diaryl/α,β-unsaturated/α-hetero) is 2. The first-order chi connectivity index (χ1) is 16.9. The standard InChI is InChI=1S/C30H30ClFO4/c1-29(2)12-22(33)27-24(14-29)36-25-15-30(3,4)13-23(34)28(25)26(27)17-7-5-8-18(11-17)35-16-19-20(31)9-6-10-21(19)32/h5-11,26H,12-16H2,1-4H3. The van der Waals surface area contributed by atoms with Gasteiger partial charge in [0, 0.05) is 48.3 Å². The molecule has 0 saturated heterocycles. The Bertz CT molecular complexity index is 1260. The van der Waals surface area contributed by atoms with Gasteiger partial charge in [-0.1, -0.05) is 57.5 Å². The van der Waals surface area contributed by atoms with Crippen molar-refractivity contribution in [1.82, 2.24) is 0 Å². The van der Waals surface area contributed by atoms with Gasteiger partial charge in [-0.25, -0.2) is 4.39 Å². The third-order valence-corrected chi connectivity index (χ3v) is 7.57. The summed E-state index contributed by atoms with van der Waals surface area (Å²) in [6, 6.07) is 11.9. The Morgan fingerprint density at radius 2 is 1.50 bits per heavy atom. The number of carbonyl (C=O) groups excluding carboxylic acids is 2. The molecular formula is C30H30ClFO4. The van der Waals surface area contributed by atoms with Crippen molar-refractivity contribution in [2.75, 3.05) is 0 Å². The van der Waals surface area contributed by atoms with Gasteiger partial charge in [0.25, 0.3) is 0 Å². The highest BCUT2D eigenvalue weighted by molar-refractivity contribution is 6.31. The number of hydrogen-bond donors (Lipinski definition) is 0. The first-order valence-electron chi connectivity index (χ1n) is 12.3. The molecule has 4 nitrogen and oxygen atoms in total. The zero-order valence-electron chi connectivity index (χ0n) is 21.0. The van der Waals surface area contributed by atoms with Crippen LogP contribution in [-0.4, -0.2) is 11.6 Å². The Balaban J connectivity index is 1.55. The second-order valence-corrected chi connectivity index (χ2v) is 12.1. The van der Waals surface area contributed by atoms with Gasteiger partial charge in [-0.2, -0.15) is 0 Å². The fraction of sp³-hybridized carbons (Fsp3) is 0.400. The van der Waals surface area contributed by atoms with Crippen molar-refractivity contribution >= 4 is 23.2 Å². The molecule has 0 N–H and O–H groups in total. The average molecular weight is 509 g/mol. The van der Waals surface area contributed by atoms with Crippen molar-refractivity contribution in [2.45, 2.75) is 65.9 Å². The van der Waals surface area contributed by atoms with Gasteiger partial charge in [-0.05, 0) is 40.7 Å². The molecule has 2 aromatic rings. The highest BCUT2D eigenvalue weighted by Gasteiger charge is 2.47. The molecule has 3 aliphatic rings. The molecule has 2 aromatic carbocycles. The first-order valence-corrected chi connectivity index (χ1v) is 12.7. The lowest BCUT2D eigenvalue weighted by Gasteiger charge is -2.42. The molecule has 1 aliphatic heterocycles. The Kier molecular flexibility index (Phi) is 6.11. The normalized spacial score (nSPS) is 21.2. The number of rotatable bonds is 4. The maximum atomic E-state index is 14.2. The summed E-state index contributed by atoms with van der Waals surface area (Å²) >= 11 is 6.16. The zero-order valence-corrected chi connectivity index (χ0v) is 21.8. The van der Waals surface area contributed by atoms with Crippen molar-refractivity contribution in [1.29, 1.82) is 0 Å². The number of halogens is 2. The van der Waals surface area contributed by atoms with Gasteiger partial charge in [-0.3, -0.25) is 9.59 Å². The van der Waals surface area contributed by atoms with Gasteiger partial charge < -0.3 is 9.47 Å². The molecule has 0 spiro atoms. The van der Waals surface area contributed by atoms with Crippen LogP contribution in [0, 0.1) is 16.6 Å². The van der Waals surface area contributed by atoms with Crippen LogP contribution in [0.1, 0.15) is 70.4 Å². The fourth-order valence-corrected chi connectivity index (χ4v) is 5.84. The average Bonchev–Trinajstić information content (AvgIpc) is 2.76. The fourth-order valence-electron chi connectivity index (χ4n) is 5.62. The SMILES string of the molecule is CC1(C)CC(=O)C2=C(C1)OC1=C(C(=O)CC(C)(C)C1)C2c1cccc(OCc2c(F)cccc2Cl)c1. The van der Waals surface area contributed by atoms with E-state index in [-0.39, 0.29) is 34.6 Å². The van der Waals surface area contributed by atoms with E-state index >= 15 is 0 Å². The summed E-state index contributed by atoms with van der Waals surface area (Å²) in [6.45, 7) is 8.22. The summed E-state index contributed by atoms with van der Waals surface area (Å²) in [4.78, 5) is 26.9. The van der Waals surface area contributed by atoms with Crippen LogP contribution in [0.3, 0.4) is 0 Å². The number of benzene rings is 2. The molecule has 0 amide bonds. The Morgan fingerprint density at radius 1 is 0.917 bits per heavy atom. The molecule has 2 aliphatic carbocycles. The molecule has 0 saturated carbocycles. The second kappa shape index (κ2) is 8.88. The van der Waals surface area contributed by atoms with Gasteiger partial charge in [0.2, 0.25) is 0 Å². The molecule has 0 radical (unpaired) electrons. The van der Waals surface area contributed by atoms with Crippen LogP contribution in [0.15, 0.2) is 65.1 Å². The van der Waals surface area contributed by atoms with E-state index in [4.69, 9.17) is 21.1 Å². The molecule has 36 heavy (non-hydrogen) atoms. The molecule has 0 aromatic heterocycles. The Hall–Kier alpha value is -2.92. The summed E-state index contributed by atoms with van der Waals surface area (Å²) in [5, 5.41) is 0.297. The van der Waals surface area contributed by atoms with Crippen LogP contribution in [0.5, 0.6) is 5.75 Å². The Morgan fingerprint density at radius 3 is 2.08 bits per heavy atom. The van der Waals surface area contributed by atoms with E-state index in [9.17, 15) is 14.0 Å². The maximum Gasteiger partial charge on any atom is 0.163 e. The van der Waals surface area contributed by atoms with E-state index in [0.717, 1.165) is 5.56 Å². The van der Waals surface area contributed by atoms with Crippen LogP contribution in [0.25, 0.3) is 0 Å². The van der Waals surface area contributed by atoms with Crippen molar-refractivity contribution < 1.29 is 23.5 Å². The molecule has 188 valence electrons. The predicted octanol–water partition coefficient (Wildman–Crippen LogP) is 7.46. The topological polar surface area (TPSA) is 52.6 Å². The minimum atomic E-state index is -0.503. The molecule has 0 fully saturated rings. The van der Waals surface area contributed by atoms with Crippen molar-refractivity contribution in [3.8, 4) is 5.75 Å². The third kappa shape index (κ3) is 4.61. The van der Waals surface area contributed by atoms with E-state index < -0.39 is 11.7 Å². The van der Waals surface area contributed by atoms with Crippen molar-refractivity contribution in [3.05, 3.63) is 87.1 Å². The number of ketones is 2. The van der Waals surface area contributed by atoms with E-state index in [1.807, 2.05) is 18.2 Å². The highest BCUT2D eigenvalue weighted by Crippen LogP contribution is 2.53. The second-order valence-electron chi connectivity index (χ2n) is 11.7. The van der Waals surface area contributed by atoms with Crippen LogP contribution in [0.4, 0.5) is 4.39 Å². The van der Waals surface area contributed by atoms with Gasteiger partial charge in [0.1, 0.15) is 29.7 Å². The molecule has 6 heteroatoms. The summed E-state index contributed by atoms with van der Waals surface area (Å²) in [5.74, 6) is 0.953. The smallest absolute Gasteiger partial charge is 0.163 e. The van der Waals surface area contributed by atoms with Crippen molar-refractivity contribution in [3.63, 3.8) is 0 Å². The summed E-state index contributed by atoms with van der Waals surface area (Å²) < 4.78 is 26.5. The lowest BCUT2D eigenvalue weighted by atomic mass is 9.65. The lowest BCUT2D eigenvalue weighted by molar-refractivity contribution is -0.120. The lowest BCUT2D eigenvalue weighted by Crippen LogP contribution is -2.37. The van der Waals surface area contributed by atoms with Crippen LogP contribution >= 0.6 is 11.6 Å². The molecule has 0 bridgehead atoms. The van der Waals surface area contributed by atoms with Gasteiger partial charge in [0.15, 0.2) is 11.6 Å². The van der Waals surface area contributed by atoms with Gasteiger partial charge in [0.05, 0.1) is 5.02 Å². The summed E-state index contributed by atoms with van der Waals surface area (Å²) in [6.07, 6.45) is 2.07. The van der Waals surface area contributed by atoms with E-state index in [1.54, 1.807) is 18.2 Å². The van der Waals surface area contributed by atoms with Gasteiger partial charge in [-0.15, -0.1) is 0 Å². The van der Waals surface area contributed by atoms with E-state index in [2.05, 4.69) is 27.7 Å². The highest BCUT2D eigenvalue weighted by atomic mass is 35.5.